The van der Waals surface area contributed by atoms with Gasteiger partial charge in [0.15, 0.2) is 5.96 Å². The summed E-state index contributed by atoms with van der Waals surface area (Å²) in [6, 6.07) is 6.27. The normalized spacial score (nSPS) is 22.3. The van der Waals surface area contributed by atoms with Crippen LogP contribution >= 0.6 is 0 Å². The Balaban J connectivity index is 2.46. The highest BCUT2D eigenvalue weighted by Crippen LogP contribution is 2.38. The Morgan fingerprint density at radius 3 is 2.75 bits per heavy atom. The Morgan fingerprint density at radius 2 is 2.15 bits per heavy atom. The molecule has 0 saturated heterocycles. The van der Waals surface area contributed by atoms with E-state index >= 15 is 0 Å². The monoisotopic (exact) mass is 275 g/mol. The molecule has 20 heavy (non-hydrogen) atoms. The molecule has 2 N–H and O–H groups in total. The van der Waals surface area contributed by atoms with Crippen molar-refractivity contribution < 1.29 is 4.74 Å². The third-order valence-corrected chi connectivity index (χ3v) is 3.90. The van der Waals surface area contributed by atoms with Gasteiger partial charge in [-0.1, -0.05) is 25.5 Å². The van der Waals surface area contributed by atoms with Crippen LogP contribution in [-0.4, -0.2) is 31.1 Å². The second-order valence-electron chi connectivity index (χ2n) is 6.16. The molecular weight excluding hydrogens is 250 g/mol. The van der Waals surface area contributed by atoms with Crippen LogP contribution in [-0.2, 0) is 5.54 Å². The Morgan fingerprint density at radius 1 is 1.45 bits per heavy atom. The zero-order valence-electron chi connectivity index (χ0n) is 13.1. The average molecular weight is 275 g/mol. The van der Waals surface area contributed by atoms with Gasteiger partial charge in [-0.05, 0) is 31.9 Å². The molecule has 1 atom stereocenters. The number of rotatable bonds is 4. The maximum atomic E-state index is 6.10. The minimum Gasteiger partial charge on any atom is -0.496 e. The molecule has 0 saturated carbocycles. The molecule has 4 heteroatoms. The van der Waals surface area contributed by atoms with Crippen LogP contribution in [0.5, 0.6) is 5.75 Å². The van der Waals surface area contributed by atoms with Gasteiger partial charge in [0.05, 0.1) is 19.2 Å². The lowest BCUT2D eigenvalue weighted by atomic mass is 9.88. The largest absolute Gasteiger partial charge is 0.496 e. The van der Waals surface area contributed by atoms with E-state index in [2.05, 4.69) is 49.7 Å². The zero-order chi connectivity index (χ0) is 14.9. The van der Waals surface area contributed by atoms with Crippen molar-refractivity contribution in [1.82, 2.24) is 4.90 Å². The summed E-state index contributed by atoms with van der Waals surface area (Å²) < 4.78 is 5.55. The van der Waals surface area contributed by atoms with Crippen LogP contribution in [0.1, 0.15) is 31.9 Å². The van der Waals surface area contributed by atoms with Crippen LogP contribution in [0, 0.1) is 12.8 Å². The summed E-state index contributed by atoms with van der Waals surface area (Å²) in [4.78, 5) is 6.67. The summed E-state index contributed by atoms with van der Waals surface area (Å²) in [7, 11) is 1.71. The van der Waals surface area contributed by atoms with Crippen LogP contribution in [0.15, 0.2) is 23.2 Å². The number of hydrogen-bond acceptors (Lipinski definition) is 4. The number of nitrogens with zero attached hydrogens (tertiary/aromatic N) is 2. The van der Waals surface area contributed by atoms with E-state index in [1.807, 2.05) is 6.07 Å². The molecule has 0 radical (unpaired) electrons. The predicted molar refractivity (Wildman–Crippen MR) is 83.1 cm³/mol. The van der Waals surface area contributed by atoms with Crippen LogP contribution in [0.2, 0.25) is 0 Å². The molecule has 1 aromatic rings. The number of methoxy groups -OCH3 is 1. The molecule has 0 spiro atoms. The van der Waals surface area contributed by atoms with Gasteiger partial charge in [0.25, 0.3) is 0 Å². The second kappa shape index (κ2) is 5.35. The van der Waals surface area contributed by atoms with Gasteiger partial charge in [-0.15, -0.1) is 0 Å². The molecule has 1 heterocycles. The fourth-order valence-electron chi connectivity index (χ4n) is 2.79. The Bertz CT molecular complexity index is 524. The molecule has 0 aromatic heterocycles. The van der Waals surface area contributed by atoms with Crippen molar-refractivity contribution in [2.24, 2.45) is 16.6 Å². The number of guanidine groups is 1. The number of aryl methyl sites for hydroxylation is 1. The second-order valence-corrected chi connectivity index (χ2v) is 6.16. The smallest absolute Gasteiger partial charge is 0.192 e. The van der Waals surface area contributed by atoms with Gasteiger partial charge in [-0.3, -0.25) is 4.99 Å². The van der Waals surface area contributed by atoms with Crippen LogP contribution in [0.3, 0.4) is 0 Å². The summed E-state index contributed by atoms with van der Waals surface area (Å²) in [5.74, 6) is 2.05. The van der Waals surface area contributed by atoms with E-state index < -0.39 is 0 Å². The number of nitrogens with two attached hydrogens (primary N) is 1. The van der Waals surface area contributed by atoms with E-state index in [9.17, 15) is 0 Å². The van der Waals surface area contributed by atoms with Gasteiger partial charge in [-0.2, -0.15) is 0 Å². The molecule has 1 aliphatic heterocycles. The first-order valence-electron chi connectivity index (χ1n) is 7.11. The van der Waals surface area contributed by atoms with Crippen molar-refractivity contribution in [3.8, 4) is 5.75 Å². The first kappa shape index (κ1) is 14.7. The highest BCUT2D eigenvalue weighted by atomic mass is 16.5. The molecule has 0 aliphatic carbocycles. The van der Waals surface area contributed by atoms with E-state index in [0.29, 0.717) is 18.4 Å². The number of ether oxygens (including phenoxy) is 1. The van der Waals surface area contributed by atoms with Crippen LogP contribution < -0.4 is 10.5 Å². The van der Waals surface area contributed by atoms with Crippen molar-refractivity contribution in [3.05, 3.63) is 29.3 Å². The number of benzene rings is 1. The fourth-order valence-corrected chi connectivity index (χ4v) is 2.79. The molecule has 1 unspecified atom stereocenters. The predicted octanol–water partition coefficient (Wildman–Crippen LogP) is 2.51. The Hall–Kier alpha value is -1.71. The lowest BCUT2D eigenvalue weighted by Gasteiger charge is -2.38. The standard InChI is InChI=1S/C16H25N3O/c1-11(2)9-19-15(17)18-10-16(19,4)13-8-12(3)6-7-14(13)20-5/h6-8,11H,9-10H2,1-5H3,(H2,17,18). The van der Waals surface area contributed by atoms with Gasteiger partial charge >= 0.3 is 0 Å². The molecule has 0 amide bonds. The summed E-state index contributed by atoms with van der Waals surface area (Å²) in [5, 5.41) is 0. The van der Waals surface area contributed by atoms with Crippen LogP contribution in [0.25, 0.3) is 0 Å². The SMILES string of the molecule is COc1ccc(C)cc1C1(C)CN=C(N)N1CC(C)C. The quantitative estimate of drug-likeness (QED) is 0.918. The summed E-state index contributed by atoms with van der Waals surface area (Å²) >= 11 is 0. The molecule has 110 valence electrons. The van der Waals surface area contributed by atoms with Crippen molar-refractivity contribution in [2.75, 3.05) is 20.2 Å². The lowest BCUT2D eigenvalue weighted by Crippen LogP contribution is -2.49. The molecule has 2 rings (SSSR count). The molecule has 1 aromatic carbocycles. The van der Waals surface area contributed by atoms with E-state index in [4.69, 9.17) is 10.5 Å². The Kier molecular flexibility index (Phi) is 3.93. The first-order chi connectivity index (χ1) is 9.38. The third-order valence-electron chi connectivity index (χ3n) is 3.90. The number of aliphatic imine (C=N–C) groups is 1. The van der Waals surface area contributed by atoms with E-state index in [-0.39, 0.29) is 5.54 Å². The molecule has 0 fully saturated rings. The van der Waals surface area contributed by atoms with Gasteiger partial charge in [0.2, 0.25) is 0 Å². The first-order valence-corrected chi connectivity index (χ1v) is 7.11. The topological polar surface area (TPSA) is 50.9 Å². The van der Waals surface area contributed by atoms with Gasteiger partial charge < -0.3 is 15.4 Å². The van der Waals surface area contributed by atoms with Crippen molar-refractivity contribution in [2.45, 2.75) is 33.2 Å². The number of hydrogen-bond donors (Lipinski definition) is 1. The minimum absolute atomic E-state index is 0.230. The summed E-state index contributed by atoms with van der Waals surface area (Å²) in [6.45, 7) is 10.2. The maximum absolute atomic E-state index is 6.10. The minimum atomic E-state index is -0.230. The maximum Gasteiger partial charge on any atom is 0.192 e. The van der Waals surface area contributed by atoms with Crippen molar-refractivity contribution >= 4 is 5.96 Å². The molecule has 0 bridgehead atoms. The van der Waals surface area contributed by atoms with Gasteiger partial charge in [0, 0.05) is 12.1 Å². The third kappa shape index (κ3) is 2.47. The molecule has 4 nitrogen and oxygen atoms in total. The Labute approximate surface area is 121 Å². The van der Waals surface area contributed by atoms with Crippen molar-refractivity contribution in [1.29, 1.82) is 0 Å². The van der Waals surface area contributed by atoms with Crippen LogP contribution in [0.4, 0.5) is 0 Å². The zero-order valence-corrected chi connectivity index (χ0v) is 13.1. The molecule has 1 aliphatic rings. The molecular formula is C16H25N3O. The van der Waals surface area contributed by atoms with Gasteiger partial charge in [0.1, 0.15) is 5.75 Å². The highest BCUT2D eigenvalue weighted by Gasteiger charge is 2.41. The van der Waals surface area contributed by atoms with Crippen molar-refractivity contribution in [3.63, 3.8) is 0 Å². The highest BCUT2D eigenvalue weighted by molar-refractivity contribution is 5.81. The van der Waals surface area contributed by atoms with E-state index in [1.165, 1.54) is 5.56 Å². The van der Waals surface area contributed by atoms with E-state index in [1.54, 1.807) is 7.11 Å². The fraction of sp³-hybridized carbons (Fsp3) is 0.562. The van der Waals surface area contributed by atoms with E-state index in [0.717, 1.165) is 17.9 Å². The summed E-state index contributed by atoms with van der Waals surface area (Å²) in [6.07, 6.45) is 0. The van der Waals surface area contributed by atoms with Gasteiger partial charge in [-0.25, -0.2) is 0 Å². The summed E-state index contributed by atoms with van der Waals surface area (Å²) in [5.41, 5.74) is 8.25. The lowest BCUT2D eigenvalue weighted by molar-refractivity contribution is 0.198. The average Bonchev–Trinajstić information content (AvgIpc) is 2.68.